The van der Waals surface area contributed by atoms with Gasteiger partial charge in [0.15, 0.2) is 0 Å². The van der Waals surface area contributed by atoms with Crippen LogP contribution in [0, 0.1) is 12.8 Å². The van der Waals surface area contributed by atoms with E-state index in [2.05, 4.69) is 9.72 Å². The number of aryl methyl sites for hydroxylation is 1. The molecule has 2 aliphatic rings. The van der Waals surface area contributed by atoms with Crippen LogP contribution in [0.2, 0.25) is 0 Å². The molecule has 2 aromatic heterocycles. The van der Waals surface area contributed by atoms with Crippen molar-refractivity contribution in [2.75, 3.05) is 13.1 Å². The van der Waals surface area contributed by atoms with Crippen molar-refractivity contribution < 1.29 is 14.4 Å². The van der Waals surface area contributed by atoms with Gasteiger partial charge in [-0.15, -0.1) is 0 Å². The first kappa shape index (κ1) is 17.4. The highest BCUT2D eigenvalue weighted by Gasteiger charge is 2.36. The van der Waals surface area contributed by atoms with Crippen molar-refractivity contribution in [2.24, 2.45) is 5.92 Å². The quantitative estimate of drug-likeness (QED) is 0.734. The van der Waals surface area contributed by atoms with E-state index in [1.54, 1.807) is 4.90 Å². The minimum Gasteiger partial charge on any atom is -0.391 e. The fourth-order valence-electron chi connectivity index (χ4n) is 4.18. The molecule has 2 atom stereocenters. The summed E-state index contributed by atoms with van der Waals surface area (Å²) in [5.74, 6) is 2.24. The molecule has 0 radical (unpaired) electrons. The van der Waals surface area contributed by atoms with Crippen LogP contribution >= 0.6 is 0 Å². The van der Waals surface area contributed by atoms with Crippen molar-refractivity contribution in [2.45, 2.75) is 44.8 Å². The molecule has 3 heterocycles. The van der Waals surface area contributed by atoms with Crippen molar-refractivity contribution >= 4 is 16.9 Å². The maximum atomic E-state index is 13.0. The Bertz CT molecular complexity index is 1020. The number of para-hydroxylation sites is 2. The minimum atomic E-state index is -0.545. The van der Waals surface area contributed by atoms with Gasteiger partial charge in [-0.25, -0.2) is 4.98 Å². The summed E-state index contributed by atoms with van der Waals surface area (Å²) in [6, 6.07) is 9.87. The van der Waals surface area contributed by atoms with Crippen LogP contribution in [-0.4, -0.2) is 49.8 Å². The summed E-state index contributed by atoms with van der Waals surface area (Å²) in [5, 5.41) is 14.4. The van der Waals surface area contributed by atoms with Gasteiger partial charge in [-0.05, 0) is 31.9 Å². The summed E-state index contributed by atoms with van der Waals surface area (Å²) in [6.07, 6.45) is 2.32. The van der Waals surface area contributed by atoms with E-state index >= 15 is 0 Å². The number of carbonyl (C=O) groups is 1. The molecule has 146 valence electrons. The summed E-state index contributed by atoms with van der Waals surface area (Å²) in [5.41, 5.74) is 2.78. The molecule has 1 aliphatic carbocycles. The molecule has 1 N–H and O–H groups in total. The van der Waals surface area contributed by atoms with Gasteiger partial charge in [0, 0.05) is 37.4 Å². The lowest BCUT2D eigenvalue weighted by Crippen LogP contribution is -2.33. The fraction of sp³-hybridized carbons (Fsp3) is 0.476. The van der Waals surface area contributed by atoms with Gasteiger partial charge < -0.3 is 19.1 Å². The lowest BCUT2D eigenvalue weighted by molar-refractivity contribution is -0.131. The molecule has 7 heteroatoms. The van der Waals surface area contributed by atoms with Gasteiger partial charge in [0.25, 0.3) is 0 Å². The fourth-order valence-corrected chi connectivity index (χ4v) is 4.18. The monoisotopic (exact) mass is 380 g/mol. The van der Waals surface area contributed by atoms with Gasteiger partial charge in [0.05, 0.1) is 22.8 Å². The van der Waals surface area contributed by atoms with E-state index in [0.29, 0.717) is 25.4 Å². The van der Waals surface area contributed by atoms with Crippen molar-refractivity contribution in [3.63, 3.8) is 0 Å². The molecule has 1 saturated carbocycles. The summed E-state index contributed by atoms with van der Waals surface area (Å²) in [7, 11) is 0. The van der Waals surface area contributed by atoms with Gasteiger partial charge in [-0.1, -0.05) is 17.3 Å². The van der Waals surface area contributed by atoms with Crippen LogP contribution in [-0.2, 0) is 17.8 Å². The highest BCUT2D eigenvalue weighted by molar-refractivity contribution is 5.81. The van der Waals surface area contributed by atoms with Crippen LogP contribution < -0.4 is 0 Å². The number of rotatable bonds is 5. The SMILES string of the molecule is Cc1cc(C[C@@H]2CN(C(=O)Cn3c(C4CC4)nc4ccccc43)C[C@@H]2O)on1. The number of carbonyl (C=O) groups excluding carboxylic acids is 1. The molecule has 1 amide bonds. The van der Waals surface area contributed by atoms with E-state index in [4.69, 9.17) is 9.51 Å². The van der Waals surface area contributed by atoms with Gasteiger partial charge >= 0.3 is 0 Å². The lowest BCUT2D eigenvalue weighted by Gasteiger charge is -2.17. The van der Waals surface area contributed by atoms with Gasteiger partial charge in [-0.3, -0.25) is 4.79 Å². The molecule has 0 bridgehead atoms. The van der Waals surface area contributed by atoms with E-state index in [1.807, 2.05) is 37.3 Å². The molecule has 1 aliphatic heterocycles. The number of benzene rings is 1. The maximum absolute atomic E-state index is 13.0. The molecule has 0 spiro atoms. The first-order chi connectivity index (χ1) is 13.6. The van der Waals surface area contributed by atoms with E-state index in [0.717, 1.165) is 41.2 Å². The lowest BCUT2D eigenvalue weighted by atomic mass is 10.0. The molecular formula is C21H24N4O3. The number of aromatic nitrogens is 3. The van der Waals surface area contributed by atoms with Gasteiger partial charge in [-0.2, -0.15) is 0 Å². The number of hydrogen-bond donors (Lipinski definition) is 1. The molecule has 2 fully saturated rings. The number of aliphatic hydroxyl groups is 1. The van der Waals surface area contributed by atoms with E-state index in [1.165, 1.54) is 0 Å². The van der Waals surface area contributed by atoms with Crippen molar-refractivity contribution in [1.29, 1.82) is 0 Å². The largest absolute Gasteiger partial charge is 0.391 e. The zero-order valence-electron chi connectivity index (χ0n) is 15.9. The predicted octanol–water partition coefficient (Wildman–Crippen LogP) is 2.27. The molecule has 28 heavy (non-hydrogen) atoms. The number of likely N-dealkylation sites (tertiary alicyclic amines) is 1. The normalized spacial score (nSPS) is 22.3. The smallest absolute Gasteiger partial charge is 0.242 e. The van der Waals surface area contributed by atoms with E-state index in [9.17, 15) is 9.90 Å². The zero-order chi connectivity index (χ0) is 19.3. The van der Waals surface area contributed by atoms with Crippen molar-refractivity contribution in [1.82, 2.24) is 19.6 Å². The Balaban J connectivity index is 1.32. The molecular weight excluding hydrogens is 356 g/mol. The number of imidazole rings is 1. The molecule has 3 aromatic rings. The number of aliphatic hydroxyl groups excluding tert-OH is 1. The van der Waals surface area contributed by atoms with Crippen LogP contribution in [0.25, 0.3) is 11.0 Å². The van der Waals surface area contributed by atoms with Gasteiger partial charge in [0.1, 0.15) is 18.1 Å². The Morgan fingerprint density at radius 1 is 1.29 bits per heavy atom. The summed E-state index contributed by atoms with van der Waals surface area (Å²) in [4.78, 5) is 19.6. The topological polar surface area (TPSA) is 84.4 Å². The second kappa shape index (κ2) is 6.74. The number of amides is 1. The Hall–Kier alpha value is -2.67. The third-order valence-electron chi connectivity index (χ3n) is 5.82. The highest BCUT2D eigenvalue weighted by Crippen LogP contribution is 2.40. The van der Waals surface area contributed by atoms with Crippen LogP contribution in [0.1, 0.15) is 36.0 Å². The first-order valence-electron chi connectivity index (χ1n) is 9.91. The summed E-state index contributed by atoms with van der Waals surface area (Å²) < 4.78 is 7.34. The maximum Gasteiger partial charge on any atom is 0.242 e. The second-order valence-corrected chi connectivity index (χ2v) is 8.08. The second-order valence-electron chi connectivity index (χ2n) is 8.08. The minimum absolute atomic E-state index is 0.0281. The number of hydrogen-bond acceptors (Lipinski definition) is 5. The average molecular weight is 380 g/mol. The molecule has 1 aromatic carbocycles. The standard InChI is InChI=1S/C21H24N4O3/c1-13-8-16(28-23-13)9-15-10-24(11-19(15)26)20(27)12-25-18-5-3-2-4-17(18)22-21(25)14-6-7-14/h2-5,8,14-15,19,26H,6-7,9-12H2,1H3/t15-,19+/m1/s1. The van der Waals surface area contributed by atoms with E-state index < -0.39 is 6.10 Å². The molecule has 7 nitrogen and oxygen atoms in total. The molecule has 5 rings (SSSR count). The number of β-amino-alcohol motifs (C(OH)–C–C–N with tert-alkyl or cyclic N) is 1. The highest BCUT2D eigenvalue weighted by atomic mass is 16.5. The summed E-state index contributed by atoms with van der Waals surface area (Å²) in [6.45, 7) is 3.04. The number of nitrogens with zero attached hydrogens (tertiary/aromatic N) is 4. The predicted molar refractivity (Wildman–Crippen MR) is 103 cm³/mol. The van der Waals surface area contributed by atoms with Crippen LogP contribution in [0.5, 0.6) is 0 Å². The Morgan fingerprint density at radius 3 is 2.86 bits per heavy atom. The molecule has 1 saturated heterocycles. The first-order valence-corrected chi connectivity index (χ1v) is 9.91. The van der Waals surface area contributed by atoms with Crippen LogP contribution in [0.15, 0.2) is 34.9 Å². The number of fused-ring (bicyclic) bond motifs is 1. The zero-order valence-corrected chi connectivity index (χ0v) is 15.9. The third-order valence-corrected chi connectivity index (χ3v) is 5.82. The van der Waals surface area contributed by atoms with Gasteiger partial charge in [0.2, 0.25) is 5.91 Å². The average Bonchev–Trinajstić information content (AvgIpc) is 3.21. The third kappa shape index (κ3) is 3.20. The van der Waals surface area contributed by atoms with E-state index in [-0.39, 0.29) is 18.4 Å². The van der Waals surface area contributed by atoms with Crippen LogP contribution in [0.4, 0.5) is 0 Å². The Labute approximate surface area is 162 Å². The Morgan fingerprint density at radius 2 is 2.11 bits per heavy atom. The summed E-state index contributed by atoms with van der Waals surface area (Å²) >= 11 is 0. The van der Waals surface area contributed by atoms with Crippen molar-refractivity contribution in [3.8, 4) is 0 Å². The Kier molecular flexibility index (Phi) is 4.19. The molecule has 0 unspecified atom stereocenters. The van der Waals surface area contributed by atoms with Crippen LogP contribution in [0.3, 0.4) is 0 Å². The van der Waals surface area contributed by atoms with Crippen molar-refractivity contribution in [3.05, 3.63) is 47.6 Å².